The van der Waals surface area contributed by atoms with Gasteiger partial charge in [-0.15, -0.1) is 0 Å². The summed E-state index contributed by atoms with van der Waals surface area (Å²) < 4.78 is 26.4. The van der Waals surface area contributed by atoms with Crippen molar-refractivity contribution >= 4 is 5.91 Å². The second-order valence-corrected chi connectivity index (χ2v) is 5.39. The Labute approximate surface area is 131 Å². The van der Waals surface area contributed by atoms with E-state index in [1.54, 1.807) is 11.8 Å². The molecule has 0 atom stereocenters. The summed E-state index contributed by atoms with van der Waals surface area (Å²) in [6, 6.07) is 3.35. The van der Waals surface area contributed by atoms with Crippen LogP contribution in [0.25, 0.3) is 11.4 Å². The van der Waals surface area contributed by atoms with Crippen molar-refractivity contribution < 1.29 is 13.6 Å². The van der Waals surface area contributed by atoms with Crippen LogP contribution in [0.3, 0.4) is 0 Å². The fourth-order valence-electron chi connectivity index (χ4n) is 2.64. The number of fused-ring (bicyclic) bond motifs is 1. The van der Waals surface area contributed by atoms with Gasteiger partial charge in [-0.2, -0.15) is 0 Å². The van der Waals surface area contributed by atoms with Crippen LogP contribution in [0.5, 0.6) is 0 Å². The highest BCUT2D eigenvalue weighted by Crippen LogP contribution is 2.20. The number of carbonyl (C=O) groups excluding carboxylic acids is 1. The van der Waals surface area contributed by atoms with Gasteiger partial charge in [0, 0.05) is 24.9 Å². The van der Waals surface area contributed by atoms with Crippen molar-refractivity contribution in [2.75, 3.05) is 6.54 Å². The van der Waals surface area contributed by atoms with Gasteiger partial charge in [0.05, 0.1) is 17.8 Å². The van der Waals surface area contributed by atoms with Crippen molar-refractivity contribution in [1.82, 2.24) is 14.9 Å². The number of nitrogens with zero attached hydrogens (tertiary/aromatic N) is 2. The highest BCUT2D eigenvalue weighted by Gasteiger charge is 2.23. The van der Waals surface area contributed by atoms with E-state index in [0.29, 0.717) is 36.2 Å². The standard InChI is InChI=1S/C16H15F2N3O2/c1-2-14(22)21-6-5-13-10(8-21)16(23)20-15(19-13)9-3-4-11(17)12(18)7-9/h3-4,7H,2,5-6,8H2,1H3,(H,19,20,23). The van der Waals surface area contributed by atoms with E-state index in [-0.39, 0.29) is 23.8 Å². The van der Waals surface area contributed by atoms with Gasteiger partial charge in [-0.05, 0) is 18.2 Å². The molecule has 0 bridgehead atoms. The second kappa shape index (κ2) is 5.91. The second-order valence-electron chi connectivity index (χ2n) is 5.39. The number of halogens is 2. The molecule has 0 aliphatic carbocycles. The molecule has 1 aliphatic rings. The average Bonchev–Trinajstić information content (AvgIpc) is 2.56. The lowest BCUT2D eigenvalue weighted by molar-refractivity contribution is -0.131. The molecule has 0 unspecified atom stereocenters. The summed E-state index contributed by atoms with van der Waals surface area (Å²) in [5, 5.41) is 0. The van der Waals surface area contributed by atoms with Crippen LogP contribution in [0.1, 0.15) is 24.6 Å². The summed E-state index contributed by atoms with van der Waals surface area (Å²) in [6.07, 6.45) is 0.843. The summed E-state index contributed by atoms with van der Waals surface area (Å²) in [6.45, 7) is 2.49. The minimum absolute atomic E-state index is 0.0141. The highest BCUT2D eigenvalue weighted by atomic mass is 19.2. The quantitative estimate of drug-likeness (QED) is 0.921. The molecule has 1 aromatic heterocycles. The fraction of sp³-hybridized carbons (Fsp3) is 0.312. The van der Waals surface area contributed by atoms with Crippen molar-refractivity contribution in [2.45, 2.75) is 26.3 Å². The van der Waals surface area contributed by atoms with Crippen LogP contribution in [-0.4, -0.2) is 27.3 Å². The Kier molecular flexibility index (Phi) is 3.94. The average molecular weight is 319 g/mol. The summed E-state index contributed by atoms with van der Waals surface area (Å²) in [4.78, 5) is 32.6. The van der Waals surface area contributed by atoms with Gasteiger partial charge in [-0.3, -0.25) is 9.59 Å². The molecular weight excluding hydrogens is 304 g/mol. The predicted octanol–water partition coefficient (Wildman–Crippen LogP) is 2.01. The van der Waals surface area contributed by atoms with Crippen LogP contribution in [0.15, 0.2) is 23.0 Å². The lowest BCUT2D eigenvalue weighted by Gasteiger charge is -2.27. The zero-order chi connectivity index (χ0) is 16.6. The molecule has 0 spiro atoms. The lowest BCUT2D eigenvalue weighted by atomic mass is 10.1. The molecule has 1 aliphatic heterocycles. The van der Waals surface area contributed by atoms with Gasteiger partial charge in [0.2, 0.25) is 5.91 Å². The van der Waals surface area contributed by atoms with Gasteiger partial charge in [0.25, 0.3) is 5.56 Å². The largest absolute Gasteiger partial charge is 0.338 e. The van der Waals surface area contributed by atoms with Crippen LogP contribution in [0, 0.1) is 11.6 Å². The van der Waals surface area contributed by atoms with Crippen molar-refractivity contribution in [3.63, 3.8) is 0 Å². The Hall–Kier alpha value is -2.57. The smallest absolute Gasteiger partial charge is 0.256 e. The van der Waals surface area contributed by atoms with Gasteiger partial charge >= 0.3 is 0 Å². The highest BCUT2D eigenvalue weighted by molar-refractivity contribution is 5.76. The topological polar surface area (TPSA) is 66.1 Å². The number of H-pyrrole nitrogens is 1. The summed E-state index contributed by atoms with van der Waals surface area (Å²) in [7, 11) is 0. The lowest BCUT2D eigenvalue weighted by Crippen LogP contribution is -2.39. The number of hydrogen-bond acceptors (Lipinski definition) is 3. The maximum atomic E-state index is 13.3. The third-order valence-electron chi connectivity index (χ3n) is 3.92. The van der Waals surface area contributed by atoms with E-state index in [0.717, 1.165) is 12.1 Å². The van der Waals surface area contributed by atoms with E-state index in [1.807, 2.05) is 0 Å². The molecule has 1 N–H and O–H groups in total. The fourth-order valence-corrected chi connectivity index (χ4v) is 2.64. The first-order chi connectivity index (χ1) is 11.0. The van der Waals surface area contributed by atoms with E-state index in [2.05, 4.69) is 9.97 Å². The summed E-state index contributed by atoms with van der Waals surface area (Å²) >= 11 is 0. The first-order valence-corrected chi connectivity index (χ1v) is 7.35. The van der Waals surface area contributed by atoms with Crippen molar-refractivity contribution in [3.8, 4) is 11.4 Å². The van der Waals surface area contributed by atoms with Gasteiger partial charge in [0.15, 0.2) is 11.6 Å². The van der Waals surface area contributed by atoms with Crippen LogP contribution in [0.2, 0.25) is 0 Å². The molecule has 2 aromatic rings. The Bertz CT molecular complexity index is 833. The number of carbonyl (C=O) groups is 1. The van der Waals surface area contributed by atoms with Crippen LogP contribution in [0.4, 0.5) is 8.78 Å². The Morgan fingerprint density at radius 2 is 2.13 bits per heavy atom. The molecule has 23 heavy (non-hydrogen) atoms. The molecule has 1 amide bonds. The van der Waals surface area contributed by atoms with Gasteiger partial charge in [-0.1, -0.05) is 6.92 Å². The van der Waals surface area contributed by atoms with E-state index < -0.39 is 11.6 Å². The zero-order valence-electron chi connectivity index (χ0n) is 12.5. The Morgan fingerprint density at radius 3 is 2.83 bits per heavy atom. The molecule has 0 radical (unpaired) electrons. The maximum absolute atomic E-state index is 13.3. The molecule has 3 rings (SSSR count). The molecule has 0 saturated heterocycles. The number of aromatic amines is 1. The third kappa shape index (κ3) is 2.86. The first-order valence-electron chi connectivity index (χ1n) is 7.35. The number of nitrogens with one attached hydrogen (secondary N) is 1. The monoisotopic (exact) mass is 319 g/mol. The molecule has 120 valence electrons. The van der Waals surface area contributed by atoms with Crippen molar-refractivity contribution in [3.05, 3.63) is 51.4 Å². The summed E-state index contributed by atoms with van der Waals surface area (Å²) in [5.74, 6) is -1.77. The van der Waals surface area contributed by atoms with E-state index in [4.69, 9.17) is 0 Å². The molecule has 5 nitrogen and oxygen atoms in total. The van der Waals surface area contributed by atoms with Crippen molar-refractivity contribution in [1.29, 1.82) is 0 Å². The normalized spacial score (nSPS) is 13.8. The minimum Gasteiger partial charge on any atom is -0.338 e. The number of aromatic nitrogens is 2. The van der Waals surface area contributed by atoms with Crippen LogP contribution in [-0.2, 0) is 17.8 Å². The molecule has 1 aromatic carbocycles. The van der Waals surface area contributed by atoms with Gasteiger partial charge < -0.3 is 9.88 Å². The number of benzene rings is 1. The predicted molar refractivity (Wildman–Crippen MR) is 79.6 cm³/mol. The maximum Gasteiger partial charge on any atom is 0.256 e. The zero-order valence-corrected chi connectivity index (χ0v) is 12.5. The van der Waals surface area contributed by atoms with Gasteiger partial charge in [-0.25, -0.2) is 13.8 Å². The van der Waals surface area contributed by atoms with E-state index >= 15 is 0 Å². The van der Waals surface area contributed by atoms with Crippen LogP contribution >= 0.6 is 0 Å². The Balaban J connectivity index is 1.99. The van der Waals surface area contributed by atoms with Crippen LogP contribution < -0.4 is 5.56 Å². The van der Waals surface area contributed by atoms with Gasteiger partial charge in [0.1, 0.15) is 5.82 Å². The van der Waals surface area contributed by atoms with Crippen molar-refractivity contribution in [2.24, 2.45) is 0 Å². The third-order valence-corrected chi connectivity index (χ3v) is 3.92. The number of rotatable bonds is 2. The minimum atomic E-state index is -0.998. The summed E-state index contributed by atoms with van der Waals surface area (Å²) in [5.41, 5.74) is 0.984. The SMILES string of the molecule is CCC(=O)N1CCc2nc(-c3ccc(F)c(F)c3)[nH]c(=O)c2C1. The molecule has 0 saturated carbocycles. The van der Waals surface area contributed by atoms with E-state index in [9.17, 15) is 18.4 Å². The molecular formula is C16H15F2N3O2. The number of hydrogen-bond donors (Lipinski definition) is 1. The number of amides is 1. The van der Waals surface area contributed by atoms with E-state index in [1.165, 1.54) is 6.07 Å². The molecule has 2 heterocycles. The molecule has 0 fully saturated rings. The first kappa shape index (κ1) is 15.3. The Morgan fingerprint density at radius 1 is 1.35 bits per heavy atom. The molecule has 7 heteroatoms.